The average molecular weight is 191 g/mol. The van der Waals surface area contributed by atoms with Gasteiger partial charge in [-0.15, -0.1) is 0 Å². The van der Waals surface area contributed by atoms with E-state index in [9.17, 15) is 0 Å². The molecule has 0 saturated heterocycles. The van der Waals surface area contributed by atoms with E-state index in [0.717, 1.165) is 0 Å². The van der Waals surface area contributed by atoms with Gasteiger partial charge < -0.3 is 21.2 Å². The van der Waals surface area contributed by atoms with Crippen molar-refractivity contribution in [2.75, 3.05) is 0 Å². The number of hydrogen-bond donors (Lipinski definition) is 4. The lowest BCUT2D eigenvalue weighted by atomic mass is 10.3. The highest BCUT2D eigenvalue weighted by molar-refractivity contribution is 7.59. The molecular formula is C6H14BNO3S. The van der Waals surface area contributed by atoms with Gasteiger partial charge in [0.2, 0.25) is 0 Å². The van der Waals surface area contributed by atoms with E-state index in [0.29, 0.717) is 0 Å². The maximum absolute atomic E-state index is 7.17. The normalized spacial score (nSPS) is 6.25. The Morgan fingerprint density at radius 2 is 0.750 bits per heavy atom. The molecule has 0 saturated carbocycles. The van der Waals surface area contributed by atoms with Crippen LogP contribution in [-0.4, -0.2) is 22.4 Å². The zero-order chi connectivity index (χ0) is 7.82. The van der Waals surface area contributed by atoms with Gasteiger partial charge in [0.1, 0.15) is 0 Å². The Labute approximate surface area is 79.1 Å². The first-order valence-electron chi connectivity index (χ1n) is 2.77. The Balaban J connectivity index is -0.000000124. The van der Waals surface area contributed by atoms with Gasteiger partial charge >= 0.3 is 7.32 Å². The maximum Gasteiger partial charge on any atom is 0.631 e. The quantitative estimate of drug-likeness (QED) is 0.431. The summed E-state index contributed by atoms with van der Waals surface area (Å²) in [4.78, 5) is 0. The van der Waals surface area contributed by atoms with Gasteiger partial charge in [-0.1, -0.05) is 36.4 Å². The van der Waals surface area contributed by atoms with Gasteiger partial charge in [0, 0.05) is 0 Å². The van der Waals surface area contributed by atoms with Crippen LogP contribution in [0.25, 0.3) is 0 Å². The van der Waals surface area contributed by atoms with Crippen molar-refractivity contribution in [1.29, 1.82) is 0 Å². The second-order valence-corrected chi connectivity index (χ2v) is 1.50. The Morgan fingerprint density at radius 1 is 0.667 bits per heavy atom. The minimum absolute atomic E-state index is 0. The standard InChI is InChI=1S/C6H6.BH3O3.H3N.H2S/c1-2-4-6-5-3-1;2-1(3)4;;/h1-6H;2-4H;1H3;1H2. The number of rotatable bonds is 0. The van der Waals surface area contributed by atoms with Crippen LogP contribution < -0.4 is 6.15 Å². The molecule has 0 bridgehead atoms. The van der Waals surface area contributed by atoms with Crippen molar-refractivity contribution in [2.24, 2.45) is 0 Å². The van der Waals surface area contributed by atoms with Gasteiger partial charge in [0.25, 0.3) is 0 Å². The monoisotopic (exact) mass is 191 g/mol. The summed E-state index contributed by atoms with van der Waals surface area (Å²) in [5.41, 5.74) is 0. The molecule has 0 aliphatic heterocycles. The molecule has 1 rings (SSSR count). The lowest BCUT2D eigenvalue weighted by Crippen LogP contribution is -2.07. The molecule has 70 valence electrons. The van der Waals surface area contributed by atoms with Crippen molar-refractivity contribution in [2.45, 2.75) is 0 Å². The van der Waals surface area contributed by atoms with E-state index in [1.807, 2.05) is 36.4 Å². The number of benzene rings is 1. The third-order valence-corrected chi connectivity index (χ3v) is 0.667. The molecule has 1 aromatic carbocycles. The first-order valence-corrected chi connectivity index (χ1v) is 2.77. The third-order valence-electron chi connectivity index (χ3n) is 0.667. The predicted octanol–water partition coefficient (Wildman–Crippen LogP) is -0.0904. The topological polar surface area (TPSA) is 95.7 Å². The molecule has 0 spiro atoms. The van der Waals surface area contributed by atoms with E-state index < -0.39 is 7.32 Å². The van der Waals surface area contributed by atoms with Gasteiger partial charge in [-0.2, -0.15) is 13.5 Å². The second-order valence-electron chi connectivity index (χ2n) is 1.50. The molecule has 0 fully saturated rings. The smallest absolute Gasteiger partial charge is 0.402 e. The van der Waals surface area contributed by atoms with Crippen LogP contribution in [0.2, 0.25) is 0 Å². The molecule has 6 heteroatoms. The summed E-state index contributed by atoms with van der Waals surface area (Å²) in [6.45, 7) is 0. The first kappa shape index (κ1) is 17.5. The third kappa shape index (κ3) is 22.7. The second kappa shape index (κ2) is 13.1. The minimum Gasteiger partial charge on any atom is -0.402 e. The van der Waals surface area contributed by atoms with E-state index in [1.165, 1.54) is 0 Å². The lowest BCUT2D eigenvalue weighted by Gasteiger charge is -1.69. The van der Waals surface area contributed by atoms with Crippen LogP contribution in [0, 0.1) is 0 Å². The Kier molecular flexibility index (Phi) is 19.1. The summed E-state index contributed by atoms with van der Waals surface area (Å²) in [6, 6.07) is 12.0. The molecule has 6 N–H and O–H groups in total. The molecule has 1 aromatic rings. The molecule has 0 heterocycles. The molecular weight excluding hydrogens is 177 g/mol. The van der Waals surface area contributed by atoms with E-state index in [1.54, 1.807) is 0 Å². The summed E-state index contributed by atoms with van der Waals surface area (Å²) in [6.07, 6.45) is 0. The zero-order valence-corrected chi connectivity index (χ0v) is 7.59. The van der Waals surface area contributed by atoms with Crippen molar-refractivity contribution in [3.63, 3.8) is 0 Å². The van der Waals surface area contributed by atoms with E-state index in [2.05, 4.69) is 0 Å². The highest BCUT2D eigenvalue weighted by Gasteiger charge is 1.92. The number of hydrogen-bond acceptors (Lipinski definition) is 4. The summed E-state index contributed by atoms with van der Waals surface area (Å²) in [7, 11) is -2.17. The molecule has 12 heavy (non-hydrogen) atoms. The molecule has 0 aromatic heterocycles. The Hall–Kier alpha value is -0.525. The van der Waals surface area contributed by atoms with Crippen LogP contribution in [0.5, 0.6) is 0 Å². The first-order chi connectivity index (χ1) is 4.73. The highest BCUT2D eigenvalue weighted by atomic mass is 32.1. The minimum atomic E-state index is -2.17. The average Bonchev–Trinajstić information content (AvgIpc) is 1.90. The Morgan fingerprint density at radius 3 is 0.833 bits per heavy atom. The summed E-state index contributed by atoms with van der Waals surface area (Å²) < 4.78 is 0. The molecule has 0 amide bonds. The van der Waals surface area contributed by atoms with Gasteiger partial charge in [-0.25, -0.2) is 0 Å². The van der Waals surface area contributed by atoms with E-state index in [4.69, 9.17) is 15.1 Å². The van der Waals surface area contributed by atoms with Gasteiger partial charge in [-0.3, -0.25) is 0 Å². The molecule has 0 radical (unpaired) electrons. The maximum atomic E-state index is 7.17. The van der Waals surface area contributed by atoms with Crippen LogP contribution in [-0.2, 0) is 0 Å². The fourth-order valence-corrected chi connectivity index (χ4v) is 0.385. The zero-order valence-electron chi connectivity index (χ0n) is 6.59. The molecule has 4 nitrogen and oxygen atoms in total. The fraction of sp³-hybridized carbons (Fsp3) is 0. The molecule has 0 aliphatic carbocycles. The fourth-order valence-electron chi connectivity index (χ4n) is 0.385. The van der Waals surface area contributed by atoms with Crippen LogP contribution >= 0.6 is 13.5 Å². The van der Waals surface area contributed by atoms with Crippen molar-refractivity contribution in [3.05, 3.63) is 36.4 Å². The SMILES string of the molecule is N.OB(O)O.S.c1ccccc1. The van der Waals surface area contributed by atoms with E-state index in [-0.39, 0.29) is 19.6 Å². The van der Waals surface area contributed by atoms with Crippen LogP contribution in [0.3, 0.4) is 0 Å². The van der Waals surface area contributed by atoms with Crippen molar-refractivity contribution in [3.8, 4) is 0 Å². The summed E-state index contributed by atoms with van der Waals surface area (Å²) in [5.74, 6) is 0. The molecule has 0 unspecified atom stereocenters. The van der Waals surface area contributed by atoms with Gasteiger partial charge in [0.05, 0.1) is 0 Å². The van der Waals surface area contributed by atoms with Crippen LogP contribution in [0.4, 0.5) is 0 Å². The highest BCUT2D eigenvalue weighted by Crippen LogP contribution is 1.79. The van der Waals surface area contributed by atoms with Gasteiger partial charge in [0.15, 0.2) is 0 Å². The van der Waals surface area contributed by atoms with Crippen LogP contribution in [0.15, 0.2) is 36.4 Å². The van der Waals surface area contributed by atoms with Crippen molar-refractivity contribution >= 4 is 20.8 Å². The van der Waals surface area contributed by atoms with E-state index >= 15 is 0 Å². The summed E-state index contributed by atoms with van der Waals surface area (Å²) >= 11 is 0. The Bertz CT molecular complexity index is 123. The molecule has 0 aliphatic rings. The largest absolute Gasteiger partial charge is 0.631 e. The summed E-state index contributed by atoms with van der Waals surface area (Å²) in [5, 5.41) is 21.5. The molecule has 0 atom stereocenters. The van der Waals surface area contributed by atoms with Crippen molar-refractivity contribution in [1.82, 2.24) is 6.15 Å². The van der Waals surface area contributed by atoms with Crippen LogP contribution in [0.1, 0.15) is 0 Å². The van der Waals surface area contributed by atoms with Gasteiger partial charge in [-0.05, 0) is 0 Å². The predicted molar refractivity (Wildman–Crippen MR) is 54.3 cm³/mol. The van der Waals surface area contributed by atoms with Crippen molar-refractivity contribution < 1.29 is 15.1 Å². The lowest BCUT2D eigenvalue weighted by molar-refractivity contribution is 0.278.